The van der Waals surface area contributed by atoms with Crippen LogP contribution >= 0.6 is 24.0 Å². The second kappa shape index (κ2) is 10.8. The summed E-state index contributed by atoms with van der Waals surface area (Å²) in [5, 5.41) is 7.19. The second-order valence-corrected chi connectivity index (χ2v) is 9.17. The zero-order valence-corrected chi connectivity index (χ0v) is 20.6. The van der Waals surface area contributed by atoms with Crippen molar-refractivity contribution in [3.05, 3.63) is 35.9 Å². The monoisotopic (exact) mass is 524 g/mol. The van der Waals surface area contributed by atoms with Crippen molar-refractivity contribution in [3.63, 3.8) is 0 Å². The number of carbonyl (C=O) groups is 1. The number of hydrogen-bond donors (Lipinski definition) is 2. The minimum Gasteiger partial charge on any atom is -0.356 e. The van der Waals surface area contributed by atoms with E-state index < -0.39 is 0 Å². The van der Waals surface area contributed by atoms with Crippen molar-refractivity contribution in [2.24, 2.45) is 10.9 Å². The topological polar surface area (TPSA) is 56.7 Å². The van der Waals surface area contributed by atoms with E-state index in [-0.39, 0.29) is 35.3 Å². The zero-order chi connectivity index (χ0) is 20.1. The highest BCUT2D eigenvalue weighted by Gasteiger charge is 2.36. The van der Waals surface area contributed by atoms with E-state index in [2.05, 4.69) is 50.9 Å². The third kappa shape index (κ3) is 5.29. The summed E-state index contributed by atoms with van der Waals surface area (Å²) in [4.78, 5) is 19.2. The first-order valence-corrected chi connectivity index (χ1v) is 11.5. The summed E-state index contributed by atoms with van der Waals surface area (Å²) in [5.74, 6) is 1.52. The summed E-state index contributed by atoms with van der Waals surface area (Å²) in [6.07, 6.45) is 10.6. The van der Waals surface area contributed by atoms with Gasteiger partial charge in [-0.05, 0) is 37.7 Å². The van der Waals surface area contributed by atoms with E-state index in [0.717, 1.165) is 44.9 Å². The maximum atomic E-state index is 12.7. The molecule has 1 heterocycles. The van der Waals surface area contributed by atoms with E-state index >= 15 is 0 Å². The molecule has 3 fully saturated rings. The quantitative estimate of drug-likeness (QED) is 0.347. The summed E-state index contributed by atoms with van der Waals surface area (Å²) >= 11 is 0. The van der Waals surface area contributed by atoms with Crippen molar-refractivity contribution in [2.45, 2.75) is 69.2 Å². The molecule has 0 bridgehead atoms. The van der Waals surface area contributed by atoms with Gasteiger partial charge >= 0.3 is 0 Å². The maximum absolute atomic E-state index is 12.7. The SMILES string of the molecule is CN=C(NCC1(c2ccccc2)CCCC1)NC1CCN(C(=O)C2CCCC2)C1.I. The van der Waals surface area contributed by atoms with Gasteiger partial charge in [0.25, 0.3) is 0 Å². The number of carbonyl (C=O) groups excluding carboxylic acids is 1. The molecule has 1 aromatic rings. The molecule has 0 spiro atoms. The fraction of sp³-hybridized carbons (Fsp3) is 0.667. The highest BCUT2D eigenvalue weighted by Crippen LogP contribution is 2.40. The summed E-state index contributed by atoms with van der Waals surface area (Å²) in [7, 11) is 1.84. The molecule has 1 saturated heterocycles. The largest absolute Gasteiger partial charge is 0.356 e. The van der Waals surface area contributed by atoms with Crippen LogP contribution in [-0.2, 0) is 10.2 Å². The Balaban J connectivity index is 0.00000256. The molecule has 30 heavy (non-hydrogen) atoms. The molecule has 5 nitrogen and oxygen atoms in total. The van der Waals surface area contributed by atoms with Crippen molar-refractivity contribution in [2.75, 3.05) is 26.7 Å². The summed E-state index contributed by atoms with van der Waals surface area (Å²) in [6.45, 7) is 2.59. The fourth-order valence-corrected chi connectivity index (χ4v) is 5.56. The van der Waals surface area contributed by atoms with Crippen LogP contribution < -0.4 is 10.6 Å². The van der Waals surface area contributed by atoms with E-state index in [1.807, 2.05) is 7.05 Å². The van der Waals surface area contributed by atoms with Crippen LogP contribution in [-0.4, -0.2) is 49.5 Å². The molecule has 1 aliphatic heterocycles. The molecule has 1 unspecified atom stereocenters. The Kier molecular flexibility index (Phi) is 8.43. The van der Waals surface area contributed by atoms with Gasteiger partial charge in [0.15, 0.2) is 5.96 Å². The molecule has 166 valence electrons. The summed E-state index contributed by atoms with van der Waals surface area (Å²) < 4.78 is 0. The Hall–Kier alpha value is -1.31. The highest BCUT2D eigenvalue weighted by molar-refractivity contribution is 14.0. The minimum absolute atomic E-state index is 0. The summed E-state index contributed by atoms with van der Waals surface area (Å²) in [5.41, 5.74) is 1.65. The normalized spacial score (nSPS) is 24.0. The lowest BCUT2D eigenvalue weighted by atomic mass is 9.79. The van der Waals surface area contributed by atoms with Gasteiger partial charge in [0.2, 0.25) is 5.91 Å². The van der Waals surface area contributed by atoms with E-state index in [1.54, 1.807) is 0 Å². The van der Waals surface area contributed by atoms with Crippen molar-refractivity contribution in [3.8, 4) is 0 Å². The van der Waals surface area contributed by atoms with Crippen LogP contribution in [0.2, 0.25) is 0 Å². The van der Waals surface area contributed by atoms with Gasteiger partial charge in [0.05, 0.1) is 0 Å². The molecule has 1 aromatic carbocycles. The number of hydrogen-bond acceptors (Lipinski definition) is 2. The maximum Gasteiger partial charge on any atom is 0.225 e. The lowest BCUT2D eigenvalue weighted by Gasteiger charge is -2.31. The number of halogens is 1. The third-order valence-electron chi connectivity index (χ3n) is 7.31. The first kappa shape index (κ1) is 23.4. The zero-order valence-electron chi connectivity index (χ0n) is 18.2. The van der Waals surface area contributed by atoms with Gasteiger partial charge < -0.3 is 15.5 Å². The van der Waals surface area contributed by atoms with Gasteiger partial charge in [-0.3, -0.25) is 9.79 Å². The Bertz CT molecular complexity index is 711. The Morgan fingerprint density at radius 2 is 1.80 bits per heavy atom. The molecule has 4 rings (SSSR count). The van der Waals surface area contributed by atoms with Gasteiger partial charge in [-0.25, -0.2) is 0 Å². The number of amides is 1. The Labute approximate surface area is 198 Å². The molecular weight excluding hydrogens is 487 g/mol. The van der Waals surface area contributed by atoms with Crippen LogP contribution in [0, 0.1) is 5.92 Å². The molecular formula is C24H37IN4O. The molecule has 2 N–H and O–H groups in total. The average molecular weight is 524 g/mol. The van der Waals surface area contributed by atoms with E-state index in [0.29, 0.717) is 11.9 Å². The second-order valence-electron chi connectivity index (χ2n) is 9.17. The van der Waals surface area contributed by atoms with E-state index in [1.165, 1.54) is 44.1 Å². The van der Waals surface area contributed by atoms with Gasteiger partial charge in [-0.2, -0.15) is 0 Å². The number of guanidine groups is 1. The van der Waals surface area contributed by atoms with Crippen molar-refractivity contribution in [1.82, 2.24) is 15.5 Å². The highest BCUT2D eigenvalue weighted by atomic mass is 127. The predicted octanol–water partition coefficient (Wildman–Crippen LogP) is 4.07. The fourth-order valence-electron chi connectivity index (χ4n) is 5.56. The van der Waals surface area contributed by atoms with Gasteiger partial charge in [-0.1, -0.05) is 56.0 Å². The molecule has 0 radical (unpaired) electrons. The van der Waals surface area contributed by atoms with Gasteiger partial charge in [0, 0.05) is 44.1 Å². The van der Waals surface area contributed by atoms with Crippen molar-refractivity contribution < 1.29 is 4.79 Å². The standard InChI is InChI=1S/C24H36N4O.HI/c1-25-23(26-18-24(14-7-8-15-24)20-11-3-2-4-12-20)27-21-13-16-28(17-21)22(29)19-9-5-6-10-19;/h2-4,11-12,19,21H,5-10,13-18H2,1H3,(H2,25,26,27);1H. The number of likely N-dealkylation sites (tertiary alicyclic amines) is 1. The molecule has 6 heteroatoms. The van der Waals surface area contributed by atoms with E-state index in [4.69, 9.17) is 0 Å². The van der Waals surface area contributed by atoms with Gasteiger partial charge in [0.1, 0.15) is 0 Å². The number of nitrogens with zero attached hydrogens (tertiary/aromatic N) is 2. The lowest BCUT2D eigenvalue weighted by Crippen LogP contribution is -2.49. The predicted molar refractivity (Wildman–Crippen MR) is 133 cm³/mol. The first-order chi connectivity index (χ1) is 14.2. The smallest absolute Gasteiger partial charge is 0.225 e. The van der Waals surface area contributed by atoms with Crippen LogP contribution in [0.4, 0.5) is 0 Å². The van der Waals surface area contributed by atoms with Gasteiger partial charge in [-0.15, -0.1) is 24.0 Å². The number of benzene rings is 1. The summed E-state index contributed by atoms with van der Waals surface area (Å²) in [6, 6.07) is 11.2. The Morgan fingerprint density at radius 1 is 1.10 bits per heavy atom. The number of rotatable bonds is 5. The molecule has 3 aliphatic rings. The van der Waals surface area contributed by atoms with Crippen molar-refractivity contribution >= 4 is 35.8 Å². The number of aliphatic imine (C=N–C) groups is 1. The molecule has 1 atom stereocenters. The minimum atomic E-state index is 0. The number of nitrogens with one attached hydrogen (secondary N) is 2. The molecule has 2 saturated carbocycles. The first-order valence-electron chi connectivity index (χ1n) is 11.5. The third-order valence-corrected chi connectivity index (χ3v) is 7.31. The average Bonchev–Trinajstić information content (AvgIpc) is 3.53. The van der Waals surface area contributed by atoms with Crippen LogP contribution in [0.15, 0.2) is 35.3 Å². The molecule has 0 aromatic heterocycles. The van der Waals surface area contributed by atoms with E-state index in [9.17, 15) is 4.79 Å². The molecule has 1 amide bonds. The van der Waals surface area contributed by atoms with Crippen molar-refractivity contribution in [1.29, 1.82) is 0 Å². The molecule has 2 aliphatic carbocycles. The van der Waals surface area contributed by atoms with Crippen LogP contribution in [0.25, 0.3) is 0 Å². The lowest BCUT2D eigenvalue weighted by molar-refractivity contribution is -0.134. The van der Waals surface area contributed by atoms with Crippen LogP contribution in [0.1, 0.15) is 63.4 Å². The van der Waals surface area contributed by atoms with Crippen LogP contribution in [0.3, 0.4) is 0 Å². The Morgan fingerprint density at radius 3 is 2.47 bits per heavy atom. The van der Waals surface area contributed by atoms with Crippen LogP contribution in [0.5, 0.6) is 0 Å².